The number of ether oxygens (including phenoxy) is 2. The summed E-state index contributed by atoms with van der Waals surface area (Å²) in [5.41, 5.74) is -1.52. The predicted octanol–water partition coefficient (Wildman–Crippen LogP) is 4.10. The van der Waals surface area contributed by atoms with Crippen molar-refractivity contribution in [3.8, 4) is 5.75 Å². The summed E-state index contributed by atoms with van der Waals surface area (Å²) in [5.74, 6) is -2.96. The second-order valence-electron chi connectivity index (χ2n) is 9.81. The standard InChI is InChI=1S/C25H26F3NO7S/c1-14-4-7-16(8-5-14)37(33,34)29-13-21(17-12-18(17)23(31)32)35-20-9-6-15(10-19(20)29)11-22(30)36-24(2,3)25(26,27)28/h4-10,17-18,21H,11-13H2,1-3H3,(H,31,32)/t17-,18-,21+/m0/s1. The van der Waals surface area contributed by atoms with E-state index in [9.17, 15) is 36.3 Å². The lowest BCUT2D eigenvalue weighted by molar-refractivity contribution is -0.257. The number of hydrogen-bond donors (Lipinski definition) is 1. The average molecular weight is 542 g/mol. The highest BCUT2D eigenvalue weighted by Gasteiger charge is 2.52. The fraction of sp³-hybridized carbons (Fsp3) is 0.440. The van der Waals surface area contributed by atoms with Crippen molar-refractivity contribution in [3.05, 3.63) is 53.6 Å². The first kappa shape index (κ1) is 26.8. The number of hydrogen-bond acceptors (Lipinski definition) is 6. The van der Waals surface area contributed by atoms with Crippen LogP contribution in [-0.2, 0) is 30.8 Å². The molecule has 1 fully saturated rings. The van der Waals surface area contributed by atoms with Gasteiger partial charge < -0.3 is 14.6 Å². The summed E-state index contributed by atoms with van der Waals surface area (Å²) in [6.45, 7) is 3.13. The van der Waals surface area contributed by atoms with Gasteiger partial charge in [-0.25, -0.2) is 8.42 Å². The molecule has 0 amide bonds. The maximum absolute atomic E-state index is 13.6. The summed E-state index contributed by atoms with van der Waals surface area (Å²) >= 11 is 0. The monoisotopic (exact) mass is 541 g/mol. The molecule has 200 valence electrons. The van der Waals surface area contributed by atoms with Gasteiger partial charge in [0, 0.05) is 5.92 Å². The molecule has 4 rings (SSSR count). The van der Waals surface area contributed by atoms with Crippen molar-refractivity contribution in [2.75, 3.05) is 10.8 Å². The van der Waals surface area contributed by atoms with E-state index in [2.05, 4.69) is 4.74 Å². The first-order valence-electron chi connectivity index (χ1n) is 11.5. The number of aliphatic carboxylic acids is 1. The van der Waals surface area contributed by atoms with Crippen LogP contribution in [0.5, 0.6) is 5.75 Å². The number of anilines is 1. The van der Waals surface area contributed by atoms with Gasteiger partial charge in [0.15, 0.2) is 0 Å². The highest BCUT2D eigenvalue weighted by Crippen LogP contribution is 2.47. The van der Waals surface area contributed by atoms with E-state index in [1.165, 1.54) is 30.3 Å². The van der Waals surface area contributed by atoms with Gasteiger partial charge in [-0.05, 0) is 57.0 Å². The molecule has 2 aliphatic rings. The summed E-state index contributed by atoms with van der Waals surface area (Å²) in [4.78, 5) is 23.7. The van der Waals surface area contributed by atoms with Gasteiger partial charge in [0.05, 0.1) is 29.5 Å². The summed E-state index contributed by atoms with van der Waals surface area (Å²) in [7, 11) is -4.12. The number of fused-ring (bicyclic) bond motifs is 1. The van der Waals surface area contributed by atoms with Crippen LogP contribution >= 0.6 is 0 Å². The summed E-state index contributed by atoms with van der Waals surface area (Å²) in [6, 6.07) is 10.4. The number of benzene rings is 2. The van der Waals surface area contributed by atoms with E-state index in [0.29, 0.717) is 6.42 Å². The van der Waals surface area contributed by atoms with Gasteiger partial charge in [-0.3, -0.25) is 13.9 Å². The number of carbonyl (C=O) groups excluding carboxylic acids is 1. The van der Waals surface area contributed by atoms with Crippen molar-refractivity contribution < 1.29 is 45.8 Å². The van der Waals surface area contributed by atoms with Crippen molar-refractivity contribution in [1.82, 2.24) is 0 Å². The Morgan fingerprint density at radius 1 is 1.14 bits per heavy atom. The van der Waals surface area contributed by atoms with E-state index < -0.39 is 52.2 Å². The predicted molar refractivity (Wildman–Crippen MR) is 126 cm³/mol. The van der Waals surface area contributed by atoms with E-state index in [4.69, 9.17) is 4.74 Å². The minimum absolute atomic E-state index is 0.00650. The Morgan fingerprint density at radius 3 is 2.35 bits per heavy atom. The molecule has 2 aromatic carbocycles. The summed E-state index contributed by atoms with van der Waals surface area (Å²) in [6.07, 6.45) is -5.65. The number of esters is 1. The van der Waals surface area contributed by atoms with Crippen molar-refractivity contribution >= 4 is 27.6 Å². The smallest absolute Gasteiger partial charge is 0.427 e. The van der Waals surface area contributed by atoms with Crippen LogP contribution in [0, 0.1) is 18.8 Å². The van der Waals surface area contributed by atoms with Crippen molar-refractivity contribution in [2.45, 2.75) is 56.4 Å². The summed E-state index contributed by atoms with van der Waals surface area (Å²) in [5, 5.41) is 9.33. The van der Waals surface area contributed by atoms with Crippen molar-refractivity contribution in [3.63, 3.8) is 0 Å². The lowest BCUT2D eigenvalue weighted by Gasteiger charge is -2.36. The molecule has 0 bridgehead atoms. The molecule has 0 aromatic heterocycles. The fourth-order valence-electron chi connectivity index (χ4n) is 4.17. The zero-order valence-corrected chi connectivity index (χ0v) is 21.1. The van der Waals surface area contributed by atoms with Crippen molar-refractivity contribution in [2.24, 2.45) is 11.8 Å². The van der Waals surface area contributed by atoms with Crippen LogP contribution in [0.3, 0.4) is 0 Å². The number of carbonyl (C=O) groups is 2. The largest absolute Gasteiger partial charge is 0.486 e. The molecule has 8 nitrogen and oxygen atoms in total. The lowest BCUT2D eigenvalue weighted by Crippen LogP contribution is -2.45. The molecule has 2 aromatic rings. The molecule has 1 aliphatic carbocycles. The van der Waals surface area contributed by atoms with Gasteiger partial charge in [0.2, 0.25) is 5.60 Å². The van der Waals surface area contributed by atoms with Crippen LogP contribution in [0.4, 0.5) is 18.9 Å². The van der Waals surface area contributed by atoms with Crippen LogP contribution in [-0.4, -0.2) is 49.9 Å². The minimum atomic E-state index is -4.77. The molecule has 0 saturated heterocycles. The Labute approximate surface area is 212 Å². The molecule has 0 unspecified atom stereocenters. The first-order valence-corrected chi connectivity index (χ1v) is 12.9. The van der Waals surface area contributed by atoms with Gasteiger partial charge in [-0.15, -0.1) is 0 Å². The third-order valence-electron chi connectivity index (χ3n) is 6.56. The molecule has 0 radical (unpaired) electrons. The highest BCUT2D eigenvalue weighted by molar-refractivity contribution is 7.92. The topological polar surface area (TPSA) is 110 Å². The van der Waals surface area contributed by atoms with Gasteiger partial charge >= 0.3 is 18.1 Å². The Bertz CT molecular complexity index is 1320. The maximum atomic E-state index is 13.6. The number of rotatable bonds is 7. The first-order chi connectivity index (χ1) is 17.1. The SMILES string of the molecule is Cc1ccc(S(=O)(=O)N2C[C@H]([C@H]3C[C@@H]3C(=O)O)Oc3ccc(CC(=O)OC(C)(C)C(F)(F)F)cc32)cc1. The third kappa shape index (κ3) is 5.39. The average Bonchev–Trinajstić information content (AvgIpc) is 3.59. The van der Waals surface area contributed by atoms with Gasteiger partial charge in [-0.2, -0.15) is 13.2 Å². The fourth-order valence-corrected chi connectivity index (χ4v) is 5.65. The number of sulfonamides is 1. The van der Waals surface area contributed by atoms with Crippen LogP contribution in [0.25, 0.3) is 0 Å². The number of carboxylic acids is 1. The second kappa shape index (κ2) is 9.23. The zero-order valence-electron chi connectivity index (χ0n) is 20.3. The van der Waals surface area contributed by atoms with Crippen LogP contribution in [0.2, 0.25) is 0 Å². The molecular weight excluding hydrogens is 515 g/mol. The Morgan fingerprint density at radius 2 is 1.78 bits per heavy atom. The maximum Gasteiger partial charge on any atom is 0.427 e. The Kier molecular flexibility index (Phi) is 6.68. The number of halogens is 3. The molecule has 1 aliphatic heterocycles. The van der Waals surface area contributed by atoms with Crippen LogP contribution < -0.4 is 9.04 Å². The number of nitrogens with zero attached hydrogens (tertiary/aromatic N) is 1. The van der Waals surface area contributed by atoms with E-state index >= 15 is 0 Å². The zero-order chi connectivity index (χ0) is 27.3. The van der Waals surface area contributed by atoms with Crippen LogP contribution in [0.1, 0.15) is 31.4 Å². The Balaban J connectivity index is 1.66. The molecule has 1 saturated carbocycles. The molecule has 12 heteroatoms. The third-order valence-corrected chi connectivity index (χ3v) is 8.35. The van der Waals surface area contributed by atoms with E-state index in [1.54, 1.807) is 19.1 Å². The van der Waals surface area contributed by atoms with E-state index in [0.717, 1.165) is 23.7 Å². The van der Waals surface area contributed by atoms with Gasteiger partial charge in [0.1, 0.15) is 11.9 Å². The summed E-state index contributed by atoms with van der Waals surface area (Å²) < 4.78 is 78.3. The normalized spacial score (nSPS) is 21.6. The number of carboxylic acid groups (broad SMARTS) is 1. The molecule has 3 atom stereocenters. The van der Waals surface area contributed by atoms with Gasteiger partial charge in [0.25, 0.3) is 10.0 Å². The second-order valence-corrected chi connectivity index (χ2v) is 11.7. The molecule has 0 spiro atoms. The molecular formula is C25H26F3NO7S. The minimum Gasteiger partial charge on any atom is -0.486 e. The molecule has 1 heterocycles. The van der Waals surface area contributed by atoms with Crippen LogP contribution in [0.15, 0.2) is 47.4 Å². The van der Waals surface area contributed by atoms with E-state index in [1.807, 2.05) is 0 Å². The van der Waals surface area contributed by atoms with Gasteiger partial charge in [-0.1, -0.05) is 23.8 Å². The Hall–Kier alpha value is -3.28. The number of aryl methyl sites for hydroxylation is 1. The molecule has 1 N–H and O–H groups in total. The highest BCUT2D eigenvalue weighted by atomic mass is 32.2. The van der Waals surface area contributed by atoms with Crippen molar-refractivity contribution in [1.29, 1.82) is 0 Å². The lowest BCUT2D eigenvalue weighted by atomic mass is 10.1. The quantitative estimate of drug-likeness (QED) is 0.526. The number of alkyl halides is 3. The van der Waals surface area contributed by atoms with E-state index in [-0.39, 0.29) is 34.4 Å². The molecule has 37 heavy (non-hydrogen) atoms.